The number of non-ortho nitro benzene ring substituents is 1. The number of benzene rings is 2. The number of likely N-dealkylation sites (tertiary alicyclic amines) is 1. The van der Waals surface area contributed by atoms with Gasteiger partial charge in [0.2, 0.25) is 0 Å². The largest absolute Gasteiger partial charge is 0.380 e. The number of rotatable bonds is 4. The van der Waals surface area contributed by atoms with Crippen LogP contribution < -0.4 is 10.6 Å². The van der Waals surface area contributed by atoms with Crippen molar-refractivity contribution in [1.29, 1.82) is 0 Å². The third-order valence-corrected chi connectivity index (χ3v) is 3.93. The van der Waals surface area contributed by atoms with Gasteiger partial charge in [0.25, 0.3) is 5.69 Å². The number of carbonyl (C=O) groups is 1. The van der Waals surface area contributed by atoms with Crippen molar-refractivity contribution in [1.82, 2.24) is 4.90 Å². The lowest BCUT2D eigenvalue weighted by atomic mass is 10.2. The van der Waals surface area contributed by atoms with Crippen molar-refractivity contribution in [2.45, 2.75) is 12.5 Å². The molecule has 0 spiro atoms. The number of nitrogens with zero attached hydrogens (tertiary/aromatic N) is 2. The maximum absolute atomic E-state index is 12.3. The lowest BCUT2D eigenvalue weighted by Crippen LogP contribution is -2.34. The summed E-state index contributed by atoms with van der Waals surface area (Å²) in [6.07, 6.45) is 0.858. The van der Waals surface area contributed by atoms with E-state index in [1.807, 2.05) is 30.3 Å². The Kier molecular flexibility index (Phi) is 4.60. The highest BCUT2D eigenvalue weighted by Crippen LogP contribution is 2.20. The first-order chi connectivity index (χ1) is 11.6. The van der Waals surface area contributed by atoms with Crippen LogP contribution in [0.1, 0.15) is 6.42 Å². The molecule has 2 aromatic rings. The average molecular weight is 326 g/mol. The summed E-state index contributed by atoms with van der Waals surface area (Å²) in [6.45, 7) is 1.24. The molecule has 0 bridgehead atoms. The van der Waals surface area contributed by atoms with E-state index in [1.54, 1.807) is 17.0 Å². The molecule has 2 N–H and O–H groups in total. The van der Waals surface area contributed by atoms with Gasteiger partial charge in [-0.2, -0.15) is 0 Å². The second-order valence-corrected chi connectivity index (χ2v) is 5.68. The molecule has 0 saturated carbocycles. The maximum atomic E-state index is 12.3. The Bertz CT molecular complexity index is 736. The highest BCUT2D eigenvalue weighted by molar-refractivity contribution is 5.90. The van der Waals surface area contributed by atoms with Crippen LogP contribution in [0.15, 0.2) is 54.6 Å². The molecule has 0 aromatic heterocycles. The Morgan fingerprint density at radius 2 is 1.88 bits per heavy atom. The van der Waals surface area contributed by atoms with Crippen molar-refractivity contribution in [3.63, 3.8) is 0 Å². The van der Waals surface area contributed by atoms with Crippen molar-refractivity contribution in [3.05, 3.63) is 64.7 Å². The molecule has 124 valence electrons. The number of nitro benzene ring substituents is 1. The molecule has 1 aliphatic heterocycles. The number of nitrogens with one attached hydrogen (secondary N) is 2. The van der Waals surface area contributed by atoms with Crippen LogP contribution in [0, 0.1) is 10.1 Å². The summed E-state index contributed by atoms with van der Waals surface area (Å²) >= 11 is 0. The van der Waals surface area contributed by atoms with Gasteiger partial charge in [0.05, 0.1) is 4.92 Å². The Morgan fingerprint density at radius 1 is 1.12 bits per heavy atom. The van der Waals surface area contributed by atoms with E-state index in [1.165, 1.54) is 12.1 Å². The van der Waals surface area contributed by atoms with Gasteiger partial charge in [-0.1, -0.05) is 24.3 Å². The van der Waals surface area contributed by atoms with Crippen LogP contribution >= 0.6 is 0 Å². The number of nitro groups is 1. The minimum atomic E-state index is -0.481. The van der Waals surface area contributed by atoms with E-state index < -0.39 is 4.92 Å². The molecule has 7 heteroatoms. The van der Waals surface area contributed by atoms with Crippen LogP contribution in [0.25, 0.3) is 0 Å². The molecule has 1 aliphatic rings. The molecule has 1 heterocycles. The second-order valence-electron chi connectivity index (χ2n) is 5.68. The van der Waals surface area contributed by atoms with Crippen LogP contribution in [-0.4, -0.2) is 35.0 Å². The zero-order valence-electron chi connectivity index (χ0n) is 13.0. The molecule has 0 aliphatic carbocycles. The lowest BCUT2D eigenvalue weighted by molar-refractivity contribution is -0.384. The Labute approximate surface area is 139 Å². The van der Waals surface area contributed by atoms with Crippen LogP contribution in [-0.2, 0) is 0 Å². The van der Waals surface area contributed by atoms with Crippen LogP contribution in [0.4, 0.5) is 21.9 Å². The number of anilines is 2. The van der Waals surface area contributed by atoms with Crippen molar-refractivity contribution < 1.29 is 9.72 Å². The maximum Gasteiger partial charge on any atom is 0.321 e. The van der Waals surface area contributed by atoms with Gasteiger partial charge >= 0.3 is 6.03 Å². The fourth-order valence-corrected chi connectivity index (χ4v) is 2.73. The molecule has 24 heavy (non-hydrogen) atoms. The van der Waals surface area contributed by atoms with E-state index in [-0.39, 0.29) is 17.8 Å². The molecular formula is C17H18N4O3. The predicted molar refractivity (Wildman–Crippen MR) is 92.2 cm³/mol. The third-order valence-electron chi connectivity index (χ3n) is 3.93. The molecular weight excluding hydrogens is 308 g/mol. The monoisotopic (exact) mass is 326 g/mol. The first-order valence-corrected chi connectivity index (χ1v) is 7.74. The van der Waals surface area contributed by atoms with E-state index >= 15 is 0 Å². The molecule has 3 rings (SSSR count). The minimum absolute atomic E-state index is 0.0437. The van der Waals surface area contributed by atoms with Gasteiger partial charge < -0.3 is 15.5 Å². The summed E-state index contributed by atoms with van der Waals surface area (Å²) in [5.74, 6) is 0. The van der Waals surface area contributed by atoms with Gasteiger partial charge in [0.1, 0.15) is 0 Å². The summed E-state index contributed by atoms with van der Waals surface area (Å²) in [7, 11) is 0. The van der Waals surface area contributed by atoms with Gasteiger partial charge in [-0.25, -0.2) is 4.79 Å². The molecule has 2 amide bonds. The Hall–Kier alpha value is -3.09. The standard InChI is InChI=1S/C17H18N4O3/c22-17(19-14-7-4-8-16(11-14)21(23)24)20-10-9-15(12-20)18-13-5-2-1-3-6-13/h1-8,11,15,18H,9-10,12H2,(H,19,22)/t15-/m1/s1. The first kappa shape index (κ1) is 15.8. The molecule has 1 saturated heterocycles. The first-order valence-electron chi connectivity index (χ1n) is 7.74. The van der Waals surface area contributed by atoms with E-state index in [2.05, 4.69) is 10.6 Å². The fourth-order valence-electron chi connectivity index (χ4n) is 2.73. The van der Waals surface area contributed by atoms with Gasteiger partial charge in [0.15, 0.2) is 0 Å². The van der Waals surface area contributed by atoms with Gasteiger partial charge in [-0.05, 0) is 24.6 Å². The molecule has 2 aromatic carbocycles. The number of carbonyl (C=O) groups excluding carboxylic acids is 1. The van der Waals surface area contributed by atoms with Crippen molar-refractivity contribution >= 4 is 23.1 Å². The number of hydrogen-bond donors (Lipinski definition) is 2. The number of hydrogen-bond acceptors (Lipinski definition) is 4. The normalized spacial score (nSPS) is 16.7. The Morgan fingerprint density at radius 3 is 2.62 bits per heavy atom. The second kappa shape index (κ2) is 6.99. The topological polar surface area (TPSA) is 87.5 Å². The van der Waals surface area contributed by atoms with Crippen molar-refractivity contribution in [2.75, 3.05) is 23.7 Å². The molecule has 0 radical (unpaired) electrons. The fraction of sp³-hybridized carbons (Fsp3) is 0.235. The minimum Gasteiger partial charge on any atom is -0.380 e. The van der Waals surface area contributed by atoms with E-state index in [4.69, 9.17) is 0 Å². The number of amides is 2. The molecule has 1 fully saturated rings. The van der Waals surface area contributed by atoms with Gasteiger partial charge in [-0.3, -0.25) is 10.1 Å². The summed E-state index contributed by atoms with van der Waals surface area (Å²) in [4.78, 5) is 24.3. The average Bonchev–Trinajstić information content (AvgIpc) is 3.04. The van der Waals surface area contributed by atoms with Gasteiger partial charge in [-0.15, -0.1) is 0 Å². The number of urea groups is 1. The summed E-state index contributed by atoms with van der Waals surface area (Å²) < 4.78 is 0. The van der Waals surface area contributed by atoms with Crippen LogP contribution in [0.3, 0.4) is 0 Å². The highest BCUT2D eigenvalue weighted by Gasteiger charge is 2.26. The molecule has 7 nitrogen and oxygen atoms in total. The summed E-state index contributed by atoms with van der Waals surface area (Å²) in [6, 6.07) is 15.8. The quantitative estimate of drug-likeness (QED) is 0.666. The van der Waals surface area contributed by atoms with Crippen molar-refractivity contribution in [3.8, 4) is 0 Å². The SMILES string of the molecule is O=C(Nc1cccc([N+](=O)[O-])c1)N1CC[C@@H](Nc2ccccc2)C1. The number of para-hydroxylation sites is 1. The van der Waals surface area contributed by atoms with E-state index in [9.17, 15) is 14.9 Å². The van der Waals surface area contributed by atoms with Crippen molar-refractivity contribution in [2.24, 2.45) is 0 Å². The smallest absolute Gasteiger partial charge is 0.321 e. The zero-order valence-corrected chi connectivity index (χ0v) is 13.0. The van der Waals surface area contributed by atoms with Gasteiger partial charge in [0, 0.05) is 42.6 Å². The zero-order chi connectivity index (χ0) is 16.9. The predicted octanol–water partition coefficient (Wildman–Crippen LogP) is 3.31. The third kappa shape index (κ3) is 3.81. The van der Waals surface area contributed by atoms with Crippen LogP contribution in [0.5, 0.6) is 0 Å². The van der Waals surface area contributed by atoms with Crippen LogP contribution in [0.2, 0.25) is 0 Å². The Balaban J connectivity index is 1.56. The van der Waals surface area contributed by atoms with E-state index in [0.717, 1.165) is 12.1 Å². The highest BCUT2D eigenvalue weighted by atomic mass is 16.6. The molecule has 0 unspecified atom stereocenters. The van der Waals surface area contributed by atoms with E-state index in [0.29, 0.717) is 18.8 Å². The summed E-state index contributed by atoms with van der Waals surface area (Å²) in [5, 5.41) is 16.9. The lowest BCUT2D eigenvalue weighted by Gasteiger charge is -2.18. The summed E-state index contributed by atoms with van der Waals surface area (Å²) in [5.41, 5.74) is 1.41. The molecule has 1 atom stereocenters.